The van der Waals surface area contributed by atoms with Gasteiger partial charge in [-0.3, -0.25) is 0 Å². The molecule has 0 bridgehead atoms. The number of halogens is 3. The lowest BCUT2D eigenvalue weighted by Gasteiger charge is -2.38. The van der Waals surface area contributed by atoms with Gasteiger partial charge in [0.2, 0.25) is 0 Å². The van der Waals surface area contributed by atoms with E-state index < -0.39 is 12.6 Å². The zero-order chi connectivity index (χ0) is 13.8. The summed E-state index contributed by atoms with van der Waals surface area (Å²) in [6.45, 7) is 5.98. The molecule has 5 heteroatoms. The highest BCUT2D eigenvalue weighted by molar-refractivity contribution is 4.81. The summed E-state index contributed by atoms with van der Waals surface area (Å²) in [4.78, 5) is 2.30. The minimum atomic E-state index is -4.02. The summed E-state index contributed by atoms with van der Waals surface area (Å²) in [6.07, 6.45) is -1.59. The number of nitrogens with two attached hydrogens (primary N) is 1. The fourth-order valence-electron chi connectivity index (χ4n) is 2.65. The van der Waals surface area contributed by atoms with Crippen molar-refractivity contribution in [1.82, 2.24) is 4.90 Å². The number of hydrogen-bond acceptors (Lipinski definition) is 2. The average molecular weight is 266 g/mol. The first-order chi connectivity index (χ1) is 8.29. The molecular weight excluding hydrogens is 241 g/mol. The maximum absolute atomic E-state index is 12.1. The Balaban J connectivity index is 2.30. The first kappa shape index (κ1) is 15.8. The van der Waals surface area contributed by atoms with Crippen molar-refractivity contribution >= 4 is 0 Å². The maximum atomic E-state index is 12.1. The molecule has 1 saturated heterocycles. The minimum Gasteiger partial charge on any atom is -0.328 e. The Morgan fingerprint density at radius 1 is 1.33 bits per heavy atom. The van der Waals surface area contributed by atoms with Gasteiger partial charge in [0.1, 0.15) is 0 Å². The van der Waals surface area contributed by atoms with Gasteiger partial charge in [0.05, 0.1) is 0 Å². The molecule has 1 aliphatic heterocycles. The topological polar surface area (TPSA) is 29.3 Å². The first-order valence-corrected chi connectivity index (χ1v) is 6.86. The van der Waals surface area contributed by atoms with Gasteiger partial charge < -0.3 is 10.6 Å². The number of rotatable bonds is 5. The van der Waals surface area contributed by atoms with Crippen LogP contribution in [-0.2, 0) is 0 Å². The van der Waals surface area contributed by atoms with Crippen LogP contribution in [0.5, 0.6) is 0 Å². The van der Waals surface area contributed by atoms with E-state index in [-0.39, 0.29) is 18.5 Å². The molecule has 1 rings (SSSR count). The van der Waals surface area contributed by atoms with Crippen molar-refractivity contribution in [2.45, 2.75) is 64.2 Å². The lowest BCUT2D eigenvalue weighted by atomic mass is 9.91. The van der Waals surface area contributed by atoms with E-state index in [0.29, 0.717) is 12.3 Å². The van der Waals surface area contributed by atoms with Crippen molar-refractivity contribution in [3.63, 3.8) is 0 Å². The number of likely N-dealkylation sites (tertiary alicyclic amines) is 1. The Kier molecular flexibility index (Phi) is 5.92. The van der Waals surface area contributed by atoms with E-state index in [9.17, 15) is 13.2 Å². The molecule has 2 N–H and O–H groups in total. The Bertz CT molecular complexity index is 241. The molecule has 3 atom stereocenters. The van der Waals surface area contributed by atoms with E-state index in [0.717, 1.165) is 25.9 Å². The molecule has 18 heavy (non-hydrogen) atoms. The van der Waals surface area contributed by atoms with E-state index in [1.807, 2.05) is 13.8 Å². The minimum absolute atomic E-state index is 0.176. The smallest absolute Gasteiger partial charge is 0.328 e. The number of alkyl halides is 3. The van der Waals surface area contributed by atoms with Crippen molar-refractivity contribution in [2.75, 3.05) is 13.1 Å². The summed E-state index contributed by atoms with van der Waals surface area (Å²) in [5.74, 6) is 0.490. The van der Waals surface area contributed by atoms with Gasteiger partial charge in [-0.1, -0.05) is 0 Å². The van der Waals surface area contributed by atoms with Gasteiger partial charge in [-0.2, -0.15) is 13.2 Å². The van der Waals surface area contributed by atoms with Crippen molar-refractivity contribution in [3.8, 4) is 0 Å². The maximum Gasteiger partial charge on any atom is 0.389 e. The van der Waals surface area contributed by atoms with Gasteiger partial charge in [0.25, 0.3) is 0 Å². The Morgan fingerprint density at radius 3 is 2.56 bits per heavy atom. The van der Waals surface area contributed by atoms with Gasteiger partial charge in [0, 0.05) is 25.0 Å². The average Bonchev–Trinajstić information content (AvgIpc) is 2.27. The van der Waals surface area contributed by atoms with Crippen LogP contribution < -0.4 is 5.73 Å². The van der Waals surface area contributed by atoms with Crippen molar-refractivity contribution in [1.29, 1.82) is 0 Å². The molecule has 0 aromatic carbocycles. The van der Waals surface area contributed by atoms with Gasteiger partial charge in [-0.25, -0.2) is 0 Å². The number of hydrogen-bond donors (Lipinski definition) is 1. The lowest BCUT2D eigenvalue weighted by molar-refractivity contribution is -0.136. The molecule has 1 aliphatic rings. The fraction of sp³-hybridized carbons (Fsp3) is 1.00. The van der Waals surface area contributed by atoms with Crippen LogP contribution in [0.15, 0.2) is 0 Å². The summed E-state index contributed by atoms with van der Waals surface area (Å²) in [5, 5.41) is 0. The Labute approximate surface area is 108 Å². The van der Waals surface area contributed by atoms with Crippen LogP contribution >= 0.6 is 0 Å². The monoisotopic (exact) mass is 266 g/mol. The van der Waals surface area contributed by atoms with Crippen LogP contribution in [0.25, 0.3) is 0 Å². The molecule has 0 saturated carbocycles. The largest absolute Gasteiger partial charge is 0.389 e. The van der Waals surface area contributed by atoms with E-state index >= 15 is 0 Å². The third-order valence-corrected chi connectivity index (χ3v) is 3.94. The quantitative estimate of drug-likeness (QED) is 0.828. The SMILES string of the molecule is CC(N)C1CCCN(C(C)CCCC(F)(F)F)C1. The molecule has 0 spiro atoms. The summed E-state index contributed by atoms with van der Waals surface area (Å²) >= 11 is 0. The lowest BCUT2D eigenvalue weighted by Crippen LogP contribution is -2.46. The van der Waals surface area contributed by atoms with Crippen LogP contribution in [-0.4, -0.2) is 36.2 Å². The van der Waals surface area contributed by atoms with Crippen LogP contribution in [0.1, 0.15) is 46.0 Å². The van der Waals surface area contributed by atoms with Crippen molar-refractivity contribution in [2.24, 2.45) is 11.7 Å². The molecule has 2 nitrogen and oxygen atoms in total. The van der Waals surface area contributed by atoms with E-state index in [1.165, 1.54) is 0 Å². The molecule has 108 valence electrons. The standard InChI is InChI=1S/C13H25F3N2/c1-10(5-3-7-13(14,15)16)18-8-4-6-12(9-18)11(2)17/h10-12H,3-9,17H2,1-2H3. The summed E-state index contributed by atoms with van der Waals surface area (Å²) in [7, 11) is 0. The second-order valence-electron chi connectivity index (χ2n) is 5.61. The molecule has 0 aromatic heterocycles. The molecule has 1 heterocycles. The zero-order valence-electron chi connectivity index (χ0n) is 11.3. The number of nitrogens with zero attached hydrogens (tertiary/aromatic N) is 1. The second-order valence-corrected chi connectivity index (χ2v) is 5.61. The molecule has 3 unspecified atom stereocenters. The molecule has 0 aliphatic carbocycles. The zero-order valence-corrected chi connectivity index (χ0v) is 11.3. The van der Waals surface area contributed by atoms with Crippen molar-refractivity contribution in [3.05, 3.63) is 0 Å². The van der Waals surface area contributed by atoms with E-state index in [1.54, 1.807) is 0 Å². The predicted molar refractivity (Wildman–Crippen MR) is 67.3 cm³/mol. The van der Waals surface area contributed by atoms with Gasteiger partial charge in [-0.05, 0) is 52.0 Å². The van der Waals surface area contributed by atoms with E-state index in [4.69, 9.17) is 5.73 Å². The molecule has 1 fully saturated rings. The van der Waals surface area contributed by atoms with Crippen molar-refractivity contribution < 1.29 is 13.2 Å². The predicted octanol–water partition coefficient (Wildman–Crippen LogP) is 3.17. The summed E-state index contributed by atoms with van der Waals surface area (Å²) < 4.78 is 36.3. The van der Waals surface area contributed by atoms with Gasteiger partial charge in [-0.15, -0.1) is 0 Å². The highest BCUT2D eigenvalue weighted by Crippen LogP contribution is 2.25. The highest BCUT2D eigenvalue weighted by Gasteiger charge is 2.28. The van der Waals surface area contributed by atoms with Crippen LogP contribution in [0, 0.1) is 5.92 Å². The Morgan fingerprint density at radius 2 is 2.00 bits per heavy atom. The molecular formula is C13H25F3N2. The number of piperidine rings is 1. The summed E-state index contributed by atoms with van der Waals surface area (Å²) in [6, 6.07) is 0.407. The van der Waals surface area contributed by atoms with E-state index in [2.05, 4.69) is 4.90 Å². The second kappa shape index (κ2) is 6.75. The molecule has 0 aromatic rings. The molecule has 0 radical (unpaired) electrons. The van der Waals surface area contributed by atoms with Crippen LogP contribution in [0.2, 0.25) is 0 Å². The normalized spacial score (nSPS) is 26.0. The first-order valence-electron chi connectivity index (χ1n) is 6.86. The van der Waals surface area contributed by atoms with Gasteiger partial charge >= 0.3 is 6.18 Å². The highest BCUT2D eigenvalue weighted by atomic mass is 19.4. The third-order valence-electron chi connectivity index (χ3n) is 3.94. The van der Waals surface area contributed by atoms with Crippen LogP contribution in [0.3, 0.4) is 0 Å². The molecule has 0 amide bonds. The fourth-order valence-corrected chi connectivity index (χ4v) is 2.65. The van der Waals surface area contributed by atoms with Crippen LogP contribution in [0.4, 0.5) is 13.2 Å². The Hall–Kier alpha value is -0.290. The van der Waals surface area contributed by atoms with Gasteiger partial charge in [0.15, 0.2) is 0 Å². The third kappa shape index (κ3) is 5.57. The summed E-state index contributed by atoms with van der Waals surface area (Å²) in [5.41, 5.74) is 5.91.